The van der Waals surface area contributed by atoms with E-state index in [0.717, 1.165) is 35.6 Å². The zero-order valence-electron chi connectivity index (χ0n) is 17.0. The molecule has 0 aliphatic rings. The average Bonchev–Trinajstić information content (AvgIpc) is 3.26. The molecule has 0 radical (unpaired) electrons. The number of nitrogens with one attached hydrogen (secondary N) is 1. The summed E-state index contributed by atoms with van der Waals surface area (Å²) in [6.45, 7) is 3.27. The molecule has 0 saturated heterocycles. The molecule has 0 amide bonds. The summed E-state index contributed by atoms with van der Waals surface area (Å²) in [6.07, 6.45) is 3.05. The van der Waals surface area contributed by atoms with Crippen LogP contribution < -0.4 is 0 Å². The number of hydrogen-bond donors (Lipinski definition) is 1. The quantitative estimate of drug-likeness (QED) is 0.415. The lowest BCUT2D eigenvalue weighted by atomic mass is 9.95. The maximum atomic E-state index is 4.59. The SMILES string of the molecule is CCCN(C)C(c1ccccc1)c1cccc(-c2cnc(-c3ccccc3)[nH]2)c1. The van der Waals surface area contributed by atoms with Gasteiger partial charge in [-0.2, -0.15) is 0 Å². The summed E-state index contributed by atoms with van der Waals surface area (Å²) in [6, 6.07) is 30.0. The van der Waals surface area contributed by atoms with Gasteiger partial charge in [0.05, 0.1) is 17.9 Å². The predicted molar refractivity (Wildman–Crippen MR) is 121 cm³/mol. The van der Waals surface area contributed by atoms with Crippen LogP contribution in [0.3, 0.4) is 0 Å². The van der Waals surface area contributed by atoms with E-state index in [1.807, 2.05) is 24.4 Å². The second-order valence-corrected chi connectivity index (χ2v) is 7.43. The topological polar surface area (TPSA) is 31.9 Å². The Kier molecular flexibility index (Phi) is 5.87. The second-order valence-electron chi connectivity index (χ2n) is 7.43. The van der Waals surface area contributed by atoms with E-state index in [2.05, 4.69) is 95.6 Å². The molecular weight excluding hydrogens is 354 g/mol. The first-order chi connectivity index (χ1) is 14.3. The van der Waals surface area contributed by atoms with Gasteiger partial charge in [-0.15, -0.1) is 0 Å². The van der Waals surface area contributed by atoms with Crippen molar-refractivity contribution < 1.29 is 0 Å². The molecule has 3 aromatic carbocycles. The summed E-state index contributed by atoms with van der Waals surface area (Å²) < 4.78 is 0. The fourth-order valence-electron chi connectivity index (χ4n) is 3.91. The van der Waals surface area contributed by atoms with Gasteiger partial charge in [-0.05, 0) is 42.8 Å². The van der Waals surface area contributed by atoms with Crippen LogP contribution in [-0.4, -0.2) is 28.5 Å². The molecule has 3 heteroatoms. The number of aromatic nitrogens is 2. The molecule has 3 nitrogen and oxygen atoms in total. The molecule has 1 heterocycles. The predicted octanol–water partition coefficient (Wildman–Crippen LogP) is 6.17. The van der Waals surface area contributed by atoms with Crippen LogP contribution in [0.15, 0.2) is 91.1 Å². The Balaban J connectivity index is 1.69. The molecule has 1 N–H and O–H groups in total. The Hall–Kier alpha value is -3.17. The fourth-order valence-corrected chi connectivity index (χ4v) is 3.91. The largest absolute Gasteiger partial charge is 0.338 e. The van der Waals surface area contributed by atoms with E-state index in [1.54, 1.807) is 0 Å². The Bertz CT molecular complexity index is 1040. The maximum Gasteiger partial charge on any atom is 0.137 e. The number of rotatable bonds is 7. The lowest BCUT2D eigenvalue weighted by molar-refractivity contribution is 0.279. The second kappa shape index (κ2) is 8.89. The van der Waals surface area contributed by atoms with Gasteiger partial charge >= 0.3 is 0 Å². The van der Waals surface area contributed by atoms with Crippen molar-refractivity contribution in [2.75, 3.05) is 13.6 Å². The Morgan fingerprint density at radius 2 is 1.48 bits per heavy atom. The number of nitrogens with zero attached hydrogens (tertiary/aromatic N) is 2. The van der Waals surface area contributed by atoms with Crippen LogP contribution >= 0.6 is 0 Å². The highest BCUT2D eigenvalue weighted by atomic mass is 15.1. The van der Waals surface area contributed by atoms with Crippen molar-refractivity contribution >= 4 is 0 Å². The molecule has 1 unspecified atom stereocenters. The van der Waals surface area contributed by atoms with Gasteiger partial charge in [0, 0.05) is 5.56 Å². The molecule has 1 aromatic heterocycles. The third-order valence-electron chi connectivity index (χ3n) is 5.27. The highest BCUT2D eigenvalue weighted by Crippen LogP contribution is 2.31. The molecule has 1 atom stereocenters. The van der Waals surface area contributed by atoms with Crippen molar-refractivity contribution in [3.8, 4) is 22.6 Å². The molecular formula is C26H27N3. The number of benzene rings is 3. The minimum Gasteiger partial charge on any atom is -0.338 e. The molecule has 0 bridgehead atoms. The molecule has 29 heavy (non-hydrogen) atoms. The summed E-state index contributed by atoms with van der Waals surface area (Å²) in [5, 5.41) is 0. The van der Waals surface area contributed by atoms with Crippen molar-refractivity contribution in [1.29, 1.82) is 0 Å². The number of imidazole rings is 1. The molecule has 4 aromatic rings. The van der Waals surface area contributed by atoms with Gasteiger partial charge in [0.15, 0.2) is 0 Å². The first-order valence-electron chi connectivity index (χ1n) is 10.2. The first kappa shape index (κ1) is 19.2. The number of aromatic amines is 1. The van der Waals surface area contributed by atoms with Gasteiger partial charge in [0.25, 0.3) is 0 Å². The lowest BCUT2D eigenvalue weighted by Gasteiger charge is -2.29. The van der Waals surface area contributed by atoms with E-state index in [-0.39, 0.29) is 6.04 Å². The molecule has 0 aliphatic heterocycles. The van der Waals surface area contributed by atoms with Crippen molar-refractivity contribution in [1.82, 2.24) is 14.9 Å². The first-order valence-corrected chi connectivity index (χ1v) is 10.2. The number of hydrogen-bond acceptors (Lipinski definition) is 2. The van der Waals surface area contributed by atoms with Crippen molar-refractivity contribution in [3.63, 3.8) is 0 Å². The Labute approximate surface area is 173 Å². The summed E-state index contributed by atoms with van der Waals surface area (Å²) in [4.78, 5) is 10.5. The van der Waals surface area contributed by atoms with E-state index in [9.17, 15) is 0 Å². The minimum atomic E-state index is 0.229. The summed E-state index contributed by atoms with van der Waals surface area (Å²) in [5.41, 5.74) is 5.90. The molecule has 0 spiro atoms. The van der Waals surface area contributed by atoms with Gasteiger partial charge < -0.3 is 4.98 Å². The van der Waals surface area contributed by atoms with E-state index >= 15 is 0 Å². The summed E-state index contributed by atoms with van der Waals surface area (Å²) in [5.74, 6) is 0.897. The van der Waals surface area contributed by atoms with E-state index < -0.39 is 0 Å². The molecule has 0 aliphatic carbocycles. The zero-order chi connectivity index (χ0) is 20.1. The van der Waals surface area contributed by atoms with Crippen LogP contribution in [0.4, 0.5) is 0 Å². The van der Waals surface area contributed by atoms with Gasteiger partial charge in [-0.3, -0.25) is 4.90 Å². The van der Waals surface area contributed by atoms with Crippen LogP contribution in [0.5, 0.6) is 0 Å². The van der Waals surface area contributed by atoms with Crippen molar-refractivity contribution in [2.24, 2.45) is 0 Å². The normalized spacial score (nSPS) is 12.2. The Morgan fingerprint density at radius 3 is 2.21 bits per heavy atom. The highest BCUT2D eigenvalue weighted by Gasteiger charge is 2.19. The van der Waals surface area contributed by atoms with Crippen LogP contribution in [-0.2, 0) is 0 Å². The maximum absolute atomic E-state index is 4.59. The third-order valence-corrected chi connectivity index (χ3v) is 5.27. The molecule has 4 rings (SSSR count). The van der Waals surface area contributed by atoms with Crippen LogP contribution in [0.2, 0.25) is 0 Å². The standard InChI is InChI=1S/C26H27N3/c1-3-17-29(2)25(20-11-6-4-7-12-20)23-16-10-15-22(18-23)24-19-27-26(28-24)21-13-8-5-9-14-21/h4-16,18-19,25H,3,17H2,1-2H3,(H,27,28). The smallest absolute Gasteiger partial charge is 0.137 e. The van der Waals surface area contributed by atoms with Crippen LogP contribution in [0.25, 0.3) is 22.6 Å². The third kappa shape index (κ3) is 4.30. The van der Waals surface area contributed by atoms with E-state index in [4.69, 9.17) is 0 Å². The van der Waals surface area contributed by atoms with Crippen LogP contribution in [0, 0.1) is 0 Å². The molecule has 0 fully saturated rings. The minimum absolute atomic E-state index is 0.229. The highest BCUT2D eigenvalue weighted by molar-refractivity contribution is 5.65. The van der Waals surface area contributed by atoms with Gasteiger partial charge in [-0.1, -0.05) is 85.8 Å². The monoisotopic (exact) mass is 381 g/mol. The average molecular weight is 382 g/mol. The fraction of sp³-hybridized carbons (Fsp3) is 0.192. The van der Waals surface area contributed by atoms with Crippen LogP contribution in [0.1, 0.15) is 30.5 Å². The summed E-state index contributed by atoms with van der Waals surface area (Å²) >= 11 is 0. The van der Waals surface area contributed by atoms with Gasteiger partial charge in [0.1, 0.15) is 5.82 Å². The number of H-pyrrole nitrogens is 1. The van der Waals surface area contributed by atoms with Gasteiger partial charge in [-0.25, -0.2) is 4.98 Å². The lowest BCUT2D eigenvalue weighted by Crippen LogP contribution is -2.26. The zero-order valence-corrected chi connectivity index (χ0v) is 17.0. The van der Waals surface area contributed by atoms with E-state index in [1.165, 1.54) is 11.1 Å². The molecule has 0 saturated carbocycles. The summed E-state index contributed by atoms with van der Waals surface area (Å²) in [7, 11) is 2.21. The Morgan fingerprint density at radius 1 is 0.828 bits per heavy atom. The van der Waals surface area contributed by atoms with Gasteiger partial charge in [0.2, 0.25) is 0 Å². The van der Waals surface area contributed by atoms with Crippen molar-refractivity contribution in [3.05, 3.63) is 102 Å². The van der Waals surface area contributed by atoms with Crippen molar-refractivity contribution in [2.45, 2.75) is 19.4 Å². The van der Waals surface area contributed by atoms with E-state index in [0.29, 0.717) is 0 Å². The molecule has 146 valence electrons.